The number of aromatic amines is 2. The van der Waals surface area contributed by atoms with Gasteiger partial charge in [-0.15, -0.1) is 10.2 Å². The second-order valence-corrected chi connectivity index (χ2v) is 5.91. The summed E-state index contributed by atoms with van der Waals surface area (Å²) < 4.78 is 5.62. The molecule has 0 spiro atoms. The predicted molar refractivity (Wildman–Crippen MR) is 75.0 cm³/mol. The lowest BCUT2D eigenvalue weighted by Gasteiger charge is -2.01. The lowest BCUT2D eigenvalue weighted by atomic mass is 10.2. The molecule has 0 bridgehead atoms. The van der Waals surface area contributed by atoms with Gasteiger partial charge in [-0.3, -0.25) is 9.78 Å². The molecule has 4 N–H and O–H groups in total. The molecule has 0 aromatic carbocycles. The van der Waals surface area contributed by atoms with E-state index in [0.29, 0.717) is 28.1 Å². The van der Waals surface area contributed by atoms with Crippen molar-refractivity contribution in [1.29, 1.82) is 0 Å². The first-order valence-corrected chi connectivity index (χ1v) is 7.73. The van der Waals surface area contributed by atoms with E-state index < -0.39 is 5.69 Å². The van der Waals surface area contributed by atoms with Gasteiger partial charge in [-0.2, -0.15) is 0 Å². The molecule has 1 saturated heterocycles. The summed E-state index contributed by atoms with van der Waals surface area (Å²) in [6, 6.07) is 0.255. The summed E-state index contributed by atoms with van der Waals surface area (Å²) in [6.07, 6.45) is 2.20. The quantitative estimate of drug-likeness (QED) is 0.651. The highest BCUT2D eigenvalue weighted by Gasteiger charge is 2.26. The molecule has 0 saturated carbocycles. The van der Waals surface area contributed by atoms with Crippen molar-refractivity contribution in [3.63, 3.8) is 0 Å². The zero-order valence-corrected chi connectivity index (χ0v) is 12.3. The molecule has 9 heteroatoms. The molecular weight excluding hydrogens is 294 g/mol. The van der Waals surface area contributed by atoms with E-state index in [-0.39, 0.29) is 11.6 Å². The monoisotopic (exact) mass is 310 g/mol. The topological polar surface area (TPSA) is 121 Å². The number of nitrogens with two attached hydrogens (primary N) is 1. The molecule has 3 heterocycles. The van der Waals surface area contributed by atoms with Gasteiger partial charge in [0, 0.05) is 29.9 Å². The van der Waals surface area contributed by atoms with E-state index >= 15 is 0 Å². The number of hydrogen-bond donors (Lipinski definition) is 3. The first-order chi connectivity index (χ1) is 10.1. The molecule has 0 aliphatic carbocycles. The standard InChI is InChI=1S/C12H15N5O3S/c1-6-7(9(18)15-11(19)14-6)5-21-12-17-16-10(20-12)8-3-2-4-13-8/h8,13H,2-5H2,1H3,(H2,14,15,18,19)/p+1. The number of nitrogens with zero attached hydrogens (tertiary/aromatic N) is 2. The molecule has 1 aliphatic heterocycles. The van der Waals surface area contributed by atoms with E-state index in [1.165, 1.54) is 11.8 Å². The minimum Gasteiger partial charge on any atom is -0.410 e. The Morgan fingerprint density at radius 3 is 2.95 bits per heavy atom. The van der Waals surface area contributed by atoms with E-state index in [2.05, 4.69) is 25.5 Å². The highest BCUT2D eigenvalue weighted by molar-refractivity contribution is 7.98. The van der Waals surface area contributed by atoms with Gasteiger partial charge in [-0.25, -0.2) is 4.79 Å². The number of H-pyrrole nitrogens is 2. The highest BCUT2D eigenvalue weighted by atomic mass is 32.2. The number of aromatic nitrogens is 4. The van der Waals surface area contributed by atoms with Crippen LogP contribution >= 0.6 is 11.8 Å². The molecule has 21 heavy (non-hydrogen) atoms. The predicted octanol–water partition coefficient (Wildman–Crippen LogP) is -0.555. The van der Waals surface area contributed by atoms with Gasteiger partial charge in [0.05, 0.1) is 6.54 Å². The molecule has 112 valence electrons. The fraction of sp³-hybridized carbons (Fsp3) is 0.500. The lowest BCUT2D eigenvalue weighted by molar-refractivity contribution is -0.678. The Morgan fingerprint density at radius 2 is 2.24 bits per heavy atom. The average molecular weight is 310 g/mol. The van der Waals surface area contributed by atoms with Crippen LogP contribution in [0, 0.1) is 6.92 Å². The van der Waals surface area contributed by atoms with Crippen LogP contribution in [-0.4, -0.2) is 26.7 Å². The van der Waals surface area contributed by atoms with Gasteiger partial charge in [0.15, 0.2) is 6.04 Å². The summed E-state index contributed by atoms with van der Waals surface area (Å²) >= 11 is 1.29. The van der Waals surface area contributed by atoms with Crippen molar-refractivity contribution >= 4 is 11.8 Å². The fourth-order valence-corrected chi connectivity index (χ4v) is 3.22. The van der Waals surface area contributed by atoms with E-state index in [9.17, 15) is 9.59 Å². The zero-order valence-electron chi connectivity index (χ0n) is 11.5. The molecule has 0 radical (unpaired) electrons. The summed E-state index contributed by atoms with van der Waals surface area (Å²) in [5, 5.41) is 10.7. The second kappa shape index (κ2) is 5.86. The van der Waals surface area contributed by atoms with E-state index in [1.54, 1.807) is 6.92 Å². The van der Waals surface area contributed by atoms with Gasteiger partial charge >= 0.3 is 5.69 Å². The van der Waals surface area contributed by atoms with Gasteiger partial charge in [-0.05, 0) is 6.92 Å². The minimum absolute atomic E-state index is 0.255. The third-order valence-electron chi connectivity index (χ3n) is 3.50. The Bertz CT molecular complexity index is 744. The summed E-state index contributed by atoms with van der Waals surface area (Å²) in [5.74, 6) is 1.01. The number of nitrogens with one attached hydrogen (secondary N) is 2. The van der Waals surface area contributed by atoms with Crippen LogP contribution in [0.25, 0.3) is 0 Å². The molecule has 1 atom stereocenters. The van der Waals surface area contributed by atoms with Gasteiger partial charge in [-0.1, -0.05) is 11.8 Å². The molecular formula is C12H16N5O3S+. The minimum atomic E-state index is -0.497. The molecule has 1 fully saturated rings. The van der Waals surface area contributed by atoms with Crippen LogP contribution < -0.4 is 16.6 Å². The number of quaternary nitrogens is 1. The van der Waals surface area contributed by atoms with Crippen LogP contribution in [0.3, 0.4) is 0 Å². The number of hydrogen-bond acceptors (Lipinski definition) is 6. The van der Waals surface area contributed by atoms with Gasteiger partial charge < -0.3 is 14.7 Å². The SMILES string of the molecule is Cc1[nH]c(=O)[nH]c(=O)c1CSc1nnc(C2CCC[NH2+]2)o1. The molecule has 2 aromatic rings. The molecule has 2 aromatic heterocycles. The maximum absolute atomic E-state index is 11.7. The van der Waals surface area contributed by atoms with Crippen molar-refractivity contribution in [1.82, 2.24) is 20.2 Å². The first-order valence-electron chi connectivity index (χ1n) is 6.75. The molecule has 1 aliphatic rings. The Balaban J connectivity index is 1.71. The second-order valence-electron chi connectivity index (χ2n) is 4.98. The summed E-state index contributed by atoms with van der Waals surface area (Å²) in [6.45, 7) is 2.78. The molecule has 0 amide bonds. The van der Waals surface area contributed by atoms with Crippen molar-refractivity contribution in [2.75, 3.05) is 6.54 Å². The Morgan fingerprint density at radius 1 is 1.38 bits per heavy atom. The Hall–Kier alpha value is -1.87. The summed E-state index contributed by atoms with van der Waals surface area (Å²) in [4.78, 5) is 27.6. The molecule has 8 nitrogen and oxygen atoms in total. The number of rotatable bonds is 4. The number of thioether (sulfide) groups is 1. The van der Waals surface area contributed by atoms with E-state index in [4.69, 9.17) is 4.42 Å². The first kappa shape index (κ1) is 14.1. The van der Waals surface area contributed by atoms with Crippen LogP contribution in [0.4, 0.5) is 0 Å². The largest absolute Gasteiger partial charge is 0.410 e. The van der Waals surface area contributed by atoms with Crippen LogP contribution in [0.2, 0.25) is 0 Å². The average Bonchev–Trinajstić information content (AvgIpc) is 3.08. The summed E-state index contributed by atoms with van der Waals surface area (Å²) in [5.41, 5.74) is 0.183. The van der Waals surface area contributed by atoms with Gasteiger partial charge in [0.1, 0.15) is 0 Å². The van der Waals surface area contributed by atoms with Crippen molar-refractivity contribution in [2.24, 2.45) is 0 Å². The van der Waals surface area contributed by atoms with Crippen molar-refractivity contribution in [3.05, 3.63) is 38.0 Å². The molecule has 1 unspecified atom stereocenters. The Labute approximate surface area is 123 Å². The van der Waals surface area contributed by atoms with Gasteiger partial charge in [0.25, 0.3) is 16.7 Å². The fourth-order valence-electron chi connectivity index (χ4n) is 2.36. The smallest absolute Gasteiger partial charge is 0.325 e. The lowest BCUT2D eigenvalue weighted by Crippen LogP contribution is -2.81. The van der Waals surface area contributed by atoms with Crippen molar-refractivity contribution in [2.45, 2.75) is 36.8 Å². The van der Waals surface area contributed by atoms with Crippen LogP contribution in [0.1, 0.15) is 36.0 Å². The van der Waals surface area contributed by atoms with Crippen LogP contribution in [0.15, 0.2) is 19.2 Å². The normalized spacial score (nSPS) is 18.2. The van der Waals surface area contributed by atoms with E-state index in [1.807, 2.05) is 0 Å². The third-order valence-corrected chi connectivity index (χ3v) is 4.35. The van der Waals surface area contributed by atoms with Crippen molar-refractivity contribution < 1.29 is 9.73 Å². The molecule has 3 rings (SSSR count). The third kappa shape index (κ3) is 3.08. The van der Waals surface area contributed by atoms with Crippen molar-refractivity contribution in [3.8, 4) is 0 Å². The highest BCUT2D eigenvalue weighted by Crippen LogP contribution is 2.24. The number of aryl methyl sites for hydroxylation is 1. The van der Waals surface area contributed by atoms with Crippen LogP contribution in [-0.2, 0) is 5.75 Å². The van der Waals surface area contributed by atoms with Gasteiger partial charge in [0.2, 0.25) is 0 Å². The maximum atomic E-state index is 11.7. The maximum Gasteiger partial charge on any atom is 0.325 e. The van der Waals surface area contributed by atoms with Crippen LogP contribution in [0.5, 0.6) is 0 Å². The Kier molecular flexibility index (Phi) is 3.93. The summed E-state index contributed by atoms with van der Waals surface area (Å²) in [7, 11) is 0. The van der Waals surface area contributed by atoms with E-state index in [0.717, 1.165) is 19.4 Å². The zero-order chi connectivity index (χ0) is 14.8.